The third-order valence-corrected chi connectivity index (χ3v) is 6.08. The van der Waals surface area contributed by atoms with Crippen molar-refractivity contribution < 1.29 is 23.8 Å². The van der Waals surface area contributed by atoms with Crippen molar-refractivity contribution in [2.24, 2.45) is 0 Å². The molecule has 1 aliphatic rings. The minimum absolute atomic E-state index is 0.0253. The van der Waals surface area contributed by atoms with Crippen molar-refractivity contribution in [1.82, 2.24) is 4.90 Å². The Hall–Kier alpha value is -4.00. The van der Waals surface area contributed by atoms with E-state index >= 15 is 0 Å². The highest BCUT2D eigenvalue weighted by atomic mass is 16.5. The average molecular weight is 475 g/mol. The molecule has 0 saturated carbocycles. The molecule has 1 fully saturated rings. The summed E-state index contributed by atoms with van der Waals surface area (Å²) in [5.41, 5.74) is 1.17. The topological polar surface area (TPSA) is 68.3 Å². The van der Waals surface area contributed by atoms with Crippen LogP contribution in [0.2, 0.25) is 0 Å². The summed E-state index contributed by atoms with van der Waals surface area (Å²) in [6.07, 6.45) is 1.47. The molecule has 7 nitrogen and oxygen atoms in total. The van der Waals surface area contributed by atoms with Crippen molar-refractivity contribution in [3.05, 3.63) is 84.4 Å². The number of methoxy groups -OCH3 is 2. The van der Waals surface area contributed by atoms with Gasteiger partial charge in [-0.3, -0.25) is 14.5 Å². The van der Waals surface area contributed by atoms with Crippen molar-refractivity contribution in [2.75, 3.05) is 38.8 Å². The van der Waals surface area contributed by atoms with Crippen LogP contribution in [0, 0.1) is 0 Å². The van der Waals surface area contributed by atoms with Crippen LogP contribution in [0.4, 0.5) is 5.69 Å². The number of hydrogen-bond donors (Lipinski definition) is 0. The first kappa shape index (κ1) is 24.1. The van der Waals surface area contributed by atoms with E-state index in [4.69, 9.17) is 14.2 Å². The zero-order valence-corrected chi connectivity index (χ0v) is 20.1. The van der Waals surface area contributed by atoms with Crippen LogP contribution in [0.25, 0.3) is 0 Å². The van der Waals surface area contributed by atoms with Crippen LogP contribution >= 0.6 is 0 Å². The van der Waals surface area contributed by atoms with Crippen molar-refractivity contribution >= 4 is 17.5 Å². The Morgan fingerprint density at radius 1 is 0.829 bits per heavy atom. The first-order chi connectivity index (χ1) is 17.1. The normalized spacial score (nSPS) is 13.7. The van der Waals surface area contributed by atoms with Gasteiger partial charge in [0.1, 0.15) is 29.9 Å². The number of likely N-dealkylation sites (tertiary alicyclic amines) is 1. The van der Waals surface area contributed by atoms with E-state index in [-0.39, 0.29) is 24.5 Å². The molecule has 1 heterocycles. The van der Waals surface area contributed by atoms with Gasteiger partial charge in [0.15, 0.2) is 0 Å². The predicted octanol–water partition coefficient (Wildman–Crippen LogP) is 4.42. The zero-order valence-electron chi connectivity index (χ0n) is 20.1. The van der Waals surface area contributed by atoms with Crippen LogP contribution < -0.4 is 19.1 Å². The fourth-order valence-corrected chi connectivity index (χ4v) is 4.10. The van der Waals surface area contributed by atoms with Crippen molar-refractivity contribution in [3.8, 4) is 17.2 Å². The fraction of sp³-hybridized carbons (Fsp3) is 0.286. The number of ether oxygens (including phenoxy) is 3. The SMILES string of the molecule is COc1ccc(C(=O)N(CC(=O)N2CCC(Oc3cccc(OC)c3)CC2)c2ccccc2)cc1. The van der Waals surface area contributed by atoms with E-state index in [9.17, 15) is 9.59 Å². The summed E-state index contributed by atoms with van der Waals surface area (Å²) in [4.78, 5) is 29.9. The van der Waals surface area contributed by atoms with Crippen LogP contribution in [0.1, 0.15) is 23.2 Å². The minimum atomic E-state index is -0.233. The van der Waals surface area contributed by atoms with Gasteiger partial charge in [0.2, 0.25) is 5.91 Å². The van der Waals surface area contributed by atoms with E-state index in [1.165, 1.54) is 4.90 Å². The van der Waals surface area contributed by atoms with Crippen molar-refractivity contribution in [2.45, 2.75) is 18.9 Å². The molecule has 4 rings (SSSR count). The highest BCUT2D eigenvalue weighted by molar-refractivity contribution is 6.08. The van der Waals surface area contributed by atoms with Gasteiger partial charge in [0.05, 0.1) is 14.2 Å². The Labute approximate surface area is 205 Å². The maximum Gasteiger partial charge on any atom is 0.258 e. The highest BCUT2D eigenvalue weighted by Crippen LogP contribution is 2.24. The Morgan fingerprint density at radius 3 is 2.14 bits per heavy atom. The Balaban J connectivity index is 1.40. The number of hydrogen-bond acceptors (Lipinski definition) is 5. The molecule has 0 atom stereocenters. The van der Waals surface area contributed by atoms with Gasteiger partial charge in [-0.2, -0.15) is 0 Å². The number of piperidine rings is 1. The number of carbonyl (C=O) groups excluding carboxylic acids is 2. The molecule has 0 bridgehead atoms. The monoisotopic (exact) mass is 474 g/mol. The highest BCUT2D eigenvalue weighted by Gasteiger charge is 2.27. The summed E-state index contributed by atoms with van der Waals surface area (Å²) in [6.45, 7) is 1.12. The summed E-state index contributed by atoms with van der Waals surface area (Å²) in [7, 11) is 3.21. The van der Waals surface area contributed by atoms with Crippen LogP contribution in [0.5, 0.6) is 17.2 Å². The molecule has 1 saturated heterocycles. The van der Waals surface area contributed by atoms with Gasteiger partial charge in [-0.25, -0.2) is 0 Å². The summed E-state index contributed by atoms with van der Waals surface area (Å²) in [5.74, 6) is 1.86. The largest absolute Gasteiger partial charge is 0.497 e. The quantitative estimate of drug-likeness (QED) is 0.484. The first-order valence-electron chi connectivity index (χ1n) is 11.7. The van der Waals surface area contributed by atoms with Gasteiger partial charge < -0.3 is 19.1 Å². The Morgan fingerprint density at radius 2 is 1.49 bits per heavy atom. The molecular formula is C28H30N2O5. The molecular weight excluding hydrogens is 444 g/mol. The molecule has 7 heteroatoms. The van der Waals surface area contributed by atoms with E-state index in [1.54, 1.807) is 38.5 Å². The smallest absolute Gasteiger partial charge is 0.258 e. The van der Waals surface area contributed by atoms with Gasteiger partial charge in [0, 0.05) is 43.2 Å². The third-order valence-electron chi connectivity index (χ3n) is 6.08. The summed E-state index contributed by atoms with van der Waals surface area (Å²) in [6, 6.07) is 23.7. The second-order valence-electron chi connectivity index (χ2n) is 8.33. The first-order valence-corrected chi connectivity index (χ1v) is 11.7. The fourth-order valence-electron chi connectivity index (χ4n) is 4.10. The molecule has 0 spiro atoms. The number of carbonyl (C=O) groups is 2. The van der Waals surface area contributed by atoms with Crippen LogP contribution in [-0.2, 0) is 4.79 Å². The van der Waals surface area contributed by atoms with Gasteiger partial charge >= 0.3 is 0 Å². The number of rotatable bonds is 8. The third kappa shape index (κ3) is 6.12. The summed E-state index contributed by atoms with van der Waals surface area (Å²) < 4.78 is 16.5. The molecule has 0 aromatic heterocycles. The Bertz CT molecular complexity index is 1130. The molecule has 182 valence electrons. The number of amides is 2. The van der Waals surface area contributed by atoms with E-state index in [2.05, 4.69) is 0 Å². The number of nitrogens with zero attached hydrogens (tertiary/aromatic N) is 2. The molecule has 3 aromatic carbocycles. The zero-order chi connectivity index (χ0) is 24.6. The van der Waals surface area contributed by atoms with Crippen molar-refractivity contribution in [1.29, 1.82) is 0 Å². The molecule has 0 aliphatic carbocycles. The summed E-state index contributed by atoms with van der Waals surface area (Å²) in [5, 5.41) is 0. The minimum Gasteiger partial charge on any atom is -0.497 e. The predicted molar refractivity (Wildman–Crippen MR) is 134 cm³/mol. The lowest BCUT2D eigenvalue weighted by Gasteiger charge is -2.34. The molecule has 2 amide bonds. The second kappa shape index (κ2) is 11.4. The average Bonchev–Trinajstić information content (AvgIpc) is 2.92. The van der Waals surface area contributed by atoms with E-state index in [1.807, 2.05) is 59.5 Å². The van der Waals surface area contributed by atoms with Gasteiger partial charge in [-0.1, -0.05) is 24.3 Å². The van der Waals surface area contributed by atoms with E-state index in [0.717, 1.165) is 24.3 Å². The number of para-hydroxylation sites is 1. The molecule has 3 aromatic rings. The van der Waals surface area contributed by atoms with Crippen LogP contribution in [0.15, 0.2) is 78.9 Å². The van der Waals surface area contributed by atoms with E-state index < -0.39 is 0 Å². The number of benzene rings is 3. The molecule has 0 unspecified atom stereocenters. The number of anilines is 1. The maximum atomic E-state index is 13.4. The van der Waals surface area contributed by atoms with E-state index in [0.29, 0.717) is 30.1 Å². The van der Waals surface area contributed by atoms with Gasteiger partial charge in [0.25, 0.3) is 5.91 Å². The maximum absolute atomic E-state index is 13.4. The molecule has 0 radical (unpaired) electrons. The van der Waals surface area contributed by atoms with Gasteiger partial charge in [-0.15, -0.1) is 0 Å². The van der Waals surface area contributed by atoms with Crippen LogP contribution in [-0.4, -0.2) is 56.7 Å². The molecule has 0 N–H and O–H groups in total. The summed E-state index contributed by atoms with van der Waals surface area (Å²) >= 11 is 0. The standard InChI is InChI=1S/C28H30N2O5/c1-33-23-13-11-21(12-14-23)28(32)30(22-7-4-3-5-8-22)20-27(31)29-17-15-24(16-18-29)35-26-10-6-9-25(19-26)34-2/h3-14,19,24H,15-18,20H2,1-2H3. The van der Waals surface area contributed by atoms with Gasteiger partial charge in [-0.05, 0) is 48.5 Å². The second-order valence-corrected chi connectivity index (χ2v) is 8.33. The molecule has 35 heavy (non-hydrogen) atoms. The Kier molecular flexibility index (Phi) is 7.88. The van der Waals surface area contributed by atoms with Crippen LogP contribution in [0.3, 0.4) is 0 Å². The lowest BCUT2D eigenvalue weighted by Crippen LogP contribution is -2.47. The van der Waals surface area contributed by atoms with Crippen molar-refractivity contribution in [3.63, 3.8) is 0 Å². The molecule has 1 aliphatic heterocycles. The lowest BCUT2D eigenvalue weighted by atomic mass is 10.1. The lowest BCUT2D eigenvalue weighted by molar-refractivity contribution is -0.131.